The molecule has 0 aliphatic heterocycles. The Morgan fingerprint density at radius 3 is 2.62 bits per heavy atom. The third kappa shape index (κ3) is 4.37. The molecule has 0 aromatic carbocycles. The van der Waals surface area contributed by atoms with E-state index in [4.69, 9.17) is 0 Å². The van der Waals surface area contributed by atoms with Crippen LogP contribution < -0.4 is 5.32 Å². The number of hydrogen-bond donors (Lipinski definition) is 1. The molecular formula is C11H23NS. The third-order valence-corrected chi connectivity index (χ3v) is 3.69. The van der Waals surface area contributed by atoms with Crippen LogP contribution in [0.25, 0.3) is 0 Å². The van der Waals surface area contributed by atoms with Crippen LogP contribution in [0.5, 0.6) is 0 Å². The van der Waals surface area contributed by atoms with Gasteiger partial charge in [-0.2, -0.15) is 11.8 Å². The molecule has 1 fully saturated rings. The number of thioether (sulfide) groups is 1. The lowest BCUT2D eigenvalue weighted by atomic mass is 9.99. The molecular weight excluding hydrogens is 178 g/mol. The van der Waals surface area contributed by atoms with Crippen molar-refractivity contribution < 1.29 is 0 Å². The molecule has 0 radical (unpaired) electrons. The summed E-state index contributed by atoms with van der Waals surface area (Å²) in [5.74, 6) is 2.31. The molecule has 0 aromatic heterocycles. The third-order valence-electron chi connectivity index (χ3n) is 2.95. The Hall–Kier alpha value is 0.310. The van der Waals surface area contributed by atoms with E-state index in [-0.39, 0.29) is 0 Å². The smallest absolute Gasteiger partial charge is 0.0160 e. The van der Waals surface area contributed by atoms with Crippen molar-refractivity contribution in [3.05, 3.63) is 0 Å². The summed E-state index contributed by atoms with van der Waals surface area (Å²) >= 11 is 1.97. The maximum absolute atomic E-state index is 3.59. The molecule has 1 saturated carbocycles. The Morgan fingerprint density at radius 1 is 1.38 bits per heavy atom. The topological polar surface area (TPSA) is 12.0 Å². The minimum absolute atomic E-state index is 0.767. The summed E-state index contributed by atoms with van der Waals surface area (Å²) in [6.45, 7) is 3.33. The zero-order valence-corrected chi connectivity index (χ0v) is 9.83. The second-order valence-corrected chi connectivity index (χ2v) is 5.01. The molecule has 0 aromatic rings. The van der Waals surface area contributed by atoms with E-state index in [1.165, 1.54) is 37.9 Å². The van der Waals surface area contributed by atoms with Crippen molar-refractivity contribution in [2.75, 3.05) is 18.6 Å². The predicted molar refractivity (Wildman–Crippen MR) is 62.4 cm³/mol. The Kier molecular flexibility index (Phi) is 5.88. The zero-order valence-electron chi connectivity index (χ0n) is 9.01. The molecule has 0 spiro atoms. The molecule has 1 N–H and O–H groups in total. The van der Waals surface area contributed by atoms with Crippen LogP contribution in [0.2, 0.25) is 0 Å². The van der Waals surface area contributed by atoms with Gasteiger partial charge in [0.25, 0.3) is 0 Å². The SMILES string of the molecule is CCNC(CSC)CC1CCCC1. The van der Waals surface area contributed by atoms with E-state index in [1.807, 2.05) is 11.8 Å². The Labute approximate surface area is 87.1 Å². The van der Waals surface area contributed by atoms with Gasteiger partial charge in [0.05, 0.1) is 0 Å². The monoisotopic (exact) mass is 201 g/mol. The van der Waals surface area contributed by atoms with E-state index >= 15 is 0 Å². The largest absolute Gasteiger partial charge is 0.313 e. The normalized spacial score (nSPS) is 20.8. The van der Waals surface area contributed by atoms with Gasteiger partial charge in [0, 0.05) is 11.8 Å². The van der Waals surface area contributed by atoms with Crippen LogP contribution in [-0.2, 0) is 0 Å². The Bertz CT molecular complexity index is 115. The highest BCUT2D eigenvalue weighted by atomic mass is 32.2. The minimum Gasteiger partial charge on any atom is -0.313 e. The van der Waals surface area contributed by atoms with Crippen LogP contribution in [0.1, 0.15) is 39.0 Å². The molecule has 0 heterocycles. The standard InChI is InChI=1S/C11H23NS/c1-3-12-11(9-13-2)8-10-6-4-5-7-10/h10-12H,3-9H2,1-2H3. The lowest BCUT2D eigenvalue weighted by Crippen LogP contribution is -2.32. The van der Waals surface area contributed by atoms with Crippen LogP contribution in [0.15, 0.2) is 0 Å². The first-order valence-electron chi connectivity index (χ1n) is 5.59. The Balaban J connectivity index is 2.19. The van der Waals surface area contributed by atoms with Crippen molar-refractivity contribution in [3.63, 3.8) is 0 Å². The summed E-state index contributed by atoms with van der Waals surface area (Å²) in [7, 11) is 0. The maximum Gasteiger partial charge on any atom is 0.0160 e. The van der Waals surface area contributed by atoms with Crippen molar-refractivity contribution in [3.8, 4) is 0 Å². The van der Waals surface area contributed by atoms with Crippen molar-refractivity contribution >= 4 is 11.8 Å². The average Bonchev–Trinajstić information content (AvgIpc) is 2.58. The van der Waals surface area contributed by atoms with Crippen molar-refractivity contribution in [1.82, 2.24) is 5.32 Å². The van der Waals surface area contributed by atoms with Gasteiger partial charge in [-0.3, -0.25) is 0 Å². The van der Waals surface area contributed by atoms with Crippen molar-refractivity contribution in [1.29, 1.82) is 0 Å². The highest BCUT2D eigenvalue weighted by Gasteiger charge is 2.19. The molecule has 0 bridgehead atoms. The first-order valence-corrected chi connectivity index (χ1v) is 6.98. The first kappa shape index (κ1) is 11.4. The number of hydrogen-bond acceptors (Lipinski definition) is 2. The second kappa shape index (κ2) is 6.72. The van der Waals surface area contributed by atoms with Crippen LogP contribution in [0.3, 0.4) is 0 Å². The fraction of sp³-hybridized carbons (Fsp3) is 1.00. The van der Waals surface area contributed by atoms with Gasteiger partial charge in [0.15, 0.2) is 0 Å². The molecule has 0 saturated heterocycles. The molecule has 1 nitrogen and oxygen atoms in total. The van der Waals surface area contributed by atoms with Crippen molar-refractivity contribution in [2.24, 2.45) is 5.92 Å². The summed E-state index contributed by atoms with van der Waals surface area (Å²) in [6.07, 6.45) is 9.53. The lowest BCUT2D eigenvalue weighted by Gasteiger charge is -2.20. The summed E-state index contributed by atoms with van der Waals surface area (Å²) in [6, 6.07) is 0.767. The summed E-state index contributed by atoms with van der Waals surface area (Å²) in [5, 5.41) is 3.59. The molecule has 1 atom stereocenters. The van der Waals surface area contributed by atoms with E-state index in [0.717, 1.165) is 18.5 Å². The predicted octanol–water partition coefficient (Wildman–Crippen LogP) is 2.91. The maximum atomic E-state index is 3.59. The van der Waals surface area contributed by atoms with Gasteiger partial charge in [-0.15, -0.1) is 0 Å². The van der Waals surface area contributed by atoms with E-state index in [1.54, 1.807) is 0 Å². The molecule has 13 heavy (non-hydrogen) atoms. The molecule has 2 heteroatoms. The van der Waals surface area contributed by atoms with Gasteiger partial charge in [0.2, 0.25) is 0 Å². The van der Waals surface area contributed by atoms with E-state index in [0.29, 0.717) is 0 Å². The average molecular weight is 201 g/mol. The summed E-state index contributed by atoms with van der Waals surface area (Å²) < 4.78 is 0. The number of nitrogens with one attached hydrogen (secondary N) is 1. The molecule has 1 aliphatic rings. The quantitative estimate of drug-likeness (QED) is 0.709. The molecule has 78 valence electrons. The molecule has 1 unspecified atom stereocenters. The van der Waals surface area contributed by atoms with Crippen LogP contribution in [0, 0.1) is 5.92 Å². The van der Waals surface area contributed by atoms with Gasteiger partial charge in [-0.05, 0) is 25.1 Å². The van der Waals surface area contributed by atoms with Gasteiger partial charge in [-0.1, -0.05) is 32.6 Å². The molecule has 0 amide bonds. The van der Waals surface area contributed by atoms with Crippen LogP contribution in [0.4, 0.5) is 0 Å². The fourth-order valence-corrected chi connectivity index (χ4v) is 3.00. The van der Waals surface area contributed by atoms with Crippen LogP contribution >= 0.6 is 11.8 Å². The molecule has 1 aliphatic carbocycles. The minimum atomic E-state index is 0.767. The van der Waals surface area contributed by atoms with E-state index in [2.05, 4.69) is 18.5 Å². The van der Waals surface area contributed by atoms with Gasteiger partial charge in [-0.25, -0.2) is 0 Å². The van der Waals surface area contributed by atoms with Crippen molar-refractivity contribution in [2.45, 2.75) is 45.1 Å². The molecule has 1 rings (SSSR count). The highest BCUT2D eigenvalue weighted by Crippen LogP contribution is 2.28. The summed E-state index contributed by atoms with van der Waals surface area (Å²) in [4.78, 5) is 0. The Morgan fingerprint density at radius 2 is 2.08 bits per heavy atom. The first-order chi connectivity index (χ1) is 6.36. The van der Waals surface area contributed by atoms with E-state index in [9.17, 15) is 0 Å². The lowest BCUT2D eigenvalue weighted by molar-refractivity contribution is 0.415. The van der Waals surface area contributed by atoms with Crippen LogP contribution in [-0.4, -0.2) is 24.6 Å². The second-order valence-electron chi connectivity index (χ2n) is 4.10. The van der Waals surface area contributed by atoms with Gasteiger partial charge >= 0.3 is 0 Å². The van der Waals surface area contributed by atoms with E-state index < -0.39 is 0 Å². The summed E-state index contributed by atoms with van der Waals surface area (Å²) in [5.41, 5.74) is 0. The zero-order chi connectivity index (χ0) is 9.52. The van der Waals surface area contributed by atoms with Gasteiger partial charge in [0.1, 0.15) is 0 Å². The highest BCUT2D eigenvalue weighted by molar-refractivity contribution is 7.98. The number of rotatable bonds is 6. The van der Waals surface area contributed by atoms with Gasteiger partial charge < -0.3 is 5.32 Å². The fourth-order valence-electron chi connectivity index (χ4n) is 2.35.